The number of amides is 2. The molecule has 1 aromatic rings. The Morgan fingerprint density at radius 1 is 1.36 bits per heavy atom. The van der Waals surface area contributed by atoms with E-state index < -0.39 is 0 Å². The van der Waals surface area contributed by atoms with Gasteiger partial charge in [-0.25, -0.2) is 4.79 Å². The van der Waals surface area contributed by atoms with Crippen molar-refractivity contribution in [3.63, 3.8) is 0 Å². The maximum Gasteiger partial charge on any atom is 0.314 e. The van der Waals surface area contributed by atoms with Gasteiger partial charge < -0.3 is 15.4 Å². The molecule has 1 aromatic carbocycles. The van der Waals surface area contributed by atoms with Gasteiger partial charge in [-0.15, -0.1) is 0 Å². The van der Waals surface area contributed by atoms with Crippen molar-refractivity contribution in [3.05, 3.63) is 35.9 Å². The van der Waals surface area contributed by atoms with Crippen LogP contribution in [-0.2, 0) is 11.3 Å². The molecule has 0 aromatic heterocycles. The zero-order valence-electron chi connectivity index (χ0n) is 13.5. The zero-order chi connectivity index (χ0) is 15.8. The van der Waals surface area contributed by atoms with Gasteiger partial charge in [-0.3, -0.25) is 4.90 Å². The maximum atomic E-state index is 11.8. The fourth-order valence-corrected chi connectivity index (χ4v) is 2.50. The Bertz CT molecular complexity index is 446. The first-order chi connectivity index (χ1) is 10.6. The molecule has 0 unspecified atom stereocenters. The van der Waals surface area contributed by atoms with Crippen LogP contribution in [-0.4, -0.2) is 49.8 Å². The lowest BCUT2D eigenvalue weighted by Crippen LogP contribution is -2.45. The van der Waals surface area contributed by atoms with Crippen molar-refractivity contribution in [1.82, 2.24) is 15.5 Å². The predicted molar refractivity (Wildman–Crippen MR) is 87.7 cm³/mol. The fraction of sp³-hybridized carbons (Fsp3) is 0.588. The molecule has 0 saturated carbocycles. The van der Waals surface area contributed by atoms with Crippen LogP contribution in [0.1, 0.15) is 25.3 Å². The van der Waals surface area contributed by atoms with Crippen LogP contribution < -0.4 is 10.6 Å². The molecule has 5 nitrogen and oxygen atoms in total. The van der Waals surface area contributed by atoms with Gasteiger partial charge in [0, 0.05) is 32.3 Å². The monoisotopic (exact) mass is 305 g/mol. The Morgan fingerprint density at radius 2 is 2.14 bits per heavy atom. The maximum absolute atomic E-state index is 11.8. The zero-order valence-corrected chi connectivity index (χ0v) is 13.5. The molecular weight excluding hydrogens is 278 g/mol. The van der Waals surface area contributed by atoms with Gasteiger partial charge in [-0.05, 0) is 32.4 Å². The number of urea groups is 1. The highest BCUT2D eigenvalue weighted by molar-refractivity contribution is 5.73. The van der Waals surface area contributed by atoms with Crippen LogP contribution in [0.2, 0.25) is 0 Å². The highest BCUT2D eigenvalue weighted by atomic mass is 16.5. The van der Waals surface area contributed by atoms with Crippen LogP contribution in [0.4, 0.5) is 4.79 Å². The normalized spacial score (nSPS) is 19.1. The number of carbonyl (C=O) groups is 1. The van der Waals surface area contributed by atoms with Crippen LogP contribution in [0, 0.1) is 0 Å². The number of hydrogen-bond acceptors (Lipinski definition) is 3. The summed E-state index contributed by atoms with van der Waals surface area (Å²) in [7, 11) is 2.07. The SMILES string of the molecule is C[C@H](CNC(=O)NC[C@H]1CCCO1)N(C)Cc1ccccc1. The average molecular weight is 305 g/mol. The standard InChI is InChI=1S/C17H27N3O2/c1-14(20(2)13-15-7-4-3-5-8-15)11-18-17(21)19-12-16-9-6-10-22-16/h3-5,7-8,14,16H,6,9-13H2,1-2H3,(H2,18,19,21)/t14-,16-/m1/s1. The van der Waals surface area contributed by atoms with Gasteiger partial charge >= 0.3 is 6.03 Å². The predicted octanol–water partition coefficient (Wildman–Crippen LogP) is 1.99. The molecule has 1 aliphatic heterocycles. The van der Waals surface area contributed by atoms with Gasteiger partial charge in [0.2, 0.25) is 0 Å². The summed E-state index contributed by atoms with van der Waals surface area (Å²) >= 11 is 0. The molecule has 122 valence electrons. The van der Waals surface area contributed by atoms with E-state index in [1.807, 2.05) is 18.2 Å². The van der Waals surface area contributed by atoms with Gasteiger partial charge in [0.05, 0.1) is 6.10 Å². The summed E-state index contributed by atoms with van der Waals surface area (Å²) in [6.07, 6.45) is 2.31. The van der Waals surface area contributed by atoms with Crippen molar-refractivity contribution in [1.29, 1.82) is 0 Å². The van der Waals surface area contributed by atoms with E-state index in [4.69, 9.17) is 4.74 Å². The lowest BCUT2D eigenvalue weighted by molar-refractivity contribution is 0.111. The Morgan fingerprint density at radius 3 is 2.82 bits per heavy atom. The van der Waals surface area contributed by atoms with Gasteiger partial charge in [-0.1, -0.05) is 30.3 Å². The summed E-state index contributed by atoms with van der Waals surface area (Å²) in [4.78, 5) is 14.0. The number of carbonyl (C=O) groups excluding carboxylic acids is 1. The fourth-order valence-electron chi connectivity index (χ4n) is 2.50. The minimum Gasteiger partial charge on any atom is -0.376 e. The highest BCUT2D eigenvalue weighted by Gasteiger charge is 2.16. The second kappa shape index (κ2) is 8.76. The molecule has 2 rings (SSSR count). The summed E-state index contributed by atoms with van der Waals surface area (Å²) in [6.45, 7) is 5.03. The molecule has 2 atom stereocenters. The summed E-state index contributed by atoms with van der Waals surface area (Å²) < 4.78 is 5.48. The number of benzene rings is 1. The lowest BCUT2D eigenvalue weighted by Gasteiger charge is -2.25. The van der Waals surface area contributed by atoms with E-state index in [-0.39, 0.29) is 18.2 Å². The molecule has 1 heterocycles. The molecule has 0 bridgehead atoms. The number of nitrogens with one attached hydrogen (secondary N) is 2. The number of nitrogens with zero attached hydrogens (tertiary/aromatic N) is 1. The Balaban J connectivity index is 1.63. The van der Waals surface area contributed by atoms with E-state index in [1.165, 1.54) is 5.56 Å². The second-order valence-electron chi connectivity index (χ2n) is 5.98. The topological polar surface area (TPSA) is 53.6 Å². The van der Waals surface area contributed by atoms with Gasteiger partial charge in [0.25, 0.3) is 0 Å². The highest BCUT2D eigenvalue weighted by Crippen LogP contribution is 2.10. The van der Waals surface area contributed by atoms with E-state index >= 15 is 0 Å². The number of likely N-dealkylation sites (N-methyl/N-ethyl adjacent to an activating group) is 1. The first-order valence-electron chi connectivity index (χ1n) is 8.02. The smallest absolute Gasteiger partial charge is 0.314 e. The summed E-state index contributed by atoms with van der Waals surface area (Å²) in [5.74, 6) is 0. The van der Waals surface area contributed by atoms with Crippen LogP contribution in [0.25, 0.3) is 0 Å². The molecule has 22 heavy (non-hydrogen) atoms. The first kappa shape index (κ1) is 16.8. The van der Waals surface area contributed by atoms with E-state index in [1.54, 1.807) is 0 Å². The quantitative estimate of drug-likeness (QED) is 0.810. The van der Waals surface area contributed by atoms with E-state index in [2.05, 4.69) is 41.6 Å². The van der Waals surface area contributed by atoms with Crippen LogP contribution in [0.3, 0.4) is 0 Å². The van der Waals surface area contributed by atoms with Crippen molar-refractivity contribution in [3.8, 4) is 0 Å². The van der Waals surface area contributed by atoms with Crippen molar-refractivity contribution >= 4 is 6.03 Å². The average Bonchev–Trinajstić information content (AvgIpc) is 3.05. The van der Waals surface area contributed by atoms with Crippen LogP contribution in [0.5, 0.6) is 0 Å². The van der Waals surface area contributed by atoms with E-state index in [0.717, 1.165) is 26.0 Å². The Labute approximate surface area is 133 Å². The van der Waals surface area contributed by atoms with Crippen LogP contribution in [0.15, 0.2) is 30.3 Å². The summed E-state index contributed by atoms with van der Waals surface area (Å²) in [5.41, 5.74) is 1.28. The van der Waals surface area contributed by atoms with Crippen molar-refractivity contribution in [2.45, 2.75) is 38.5 Å². The number of ether oxygens (including phenoxy) is 1. The number of rotatable bonds is 7. The Kier molecular flexibility index (Phi) is 6.68. The molecule has 2 N–H and O–H groups in total. The van der Waals surface area contributed by atoms with Gasteiger partial charge in [0.15, 0.2) is 0 Å². The van der Waals surface area contributed by atoms with Crippen LogP contribution >= 0.6 is 0 Å². The van der Waals surface area contributed by atoms with Crippen molar-refractivity contribution in [2.75, 3.05) is 26.7 Å². The van der Waals surface area contributed by atoms with Gasteiger partial charge in [0.1, 0.15) is 0 Å². The minimum absolute atomic E-state index is 0.115. The minimum atomic E-state index is -0.115. The summed E-state index contributed by atoms with van der Waals surface area (Å²) in [6, 6.07) is 10.5. The third-order valence-electron chi connectivity index (χ3n) is 4.10. The second-order valence-corrected chi connectivity index (χ2v) is 5.98. The molecule has 0 aliphatic carbocycles. The molecule has 1 saturated heterocycles. The largest absolute Gasteiger partial charge is 0.376 e. The van der Waals surface area contributed by atoms with E-state index in [0.29, 0.717) is 13.1 Å². The third kappa shape index (κ3) is 5.66. The molecule has 1 fully saturated rings. The van der Waals surface area contributed by atoms with E-state index in [9.17, 15) is 4.79 Å². The molecule has 0 spiro atoms. The van der Waals surface area contributed by atoms with Gasteiger partial charge in [-0.2, -0.15) is 0 Å². The van der Waals surface area contributed by atoms with Crippen molar-refractivity contribution < 1.29 is 9.53 Å². The number of hydrogen-bond donors (Lipinski definition) is 2. The molecule has 2 amide bonds. The molecule has 1 aliphatic rings. The Hall–Kier alpha value is -1.59. The lowest BCUT2D eigenvalue weighted by atomic mass is 10.2. The third-order valence-corrected chi connectivity index (χ3v) is 4.10. The van der Waals surface area contributed by atoms with Crippen molar-refractivity contribution in [2.24, 2.45) is 0 Å². The first-order valence-corrected chi connectivity index (χ1v) is 8.02. The molecular formula is C17H27N3O2. The molecule has 0 radical (unpaired) electrons. The summed E-state index contributed by atoms with van der Waals surface area (Å²) in [5, 5.41) is 5.80. The molecule has 5 heteroatoms.